The quantitative estimate of drug-likeness (QED) is 0.551. The van der Waals surface area contributed by atoms with E-state index in [9.17, 15) is 10.1 Å². The van der Waals surface area contributed by atoms with Gasteiger partial charge in [0.25, 0.3) is 5.69 Å². The van der Waals surface area contributed by atoms with Gasteiger partial charge in [-0.15, -0.1) is 0 Å². The predicted molar refractivity (Wildman–Crippen MR) is 89.6 cm³/mol. The highest BCUT2D eigenvalue weighted by Crippen LogP contribution is 2.43. The number of hydrogen-bond donors (Lipinski definition) is 1. The molecule has 1 aromatic carbocycles. The Kier molecular flexibility index (Phi) is 5.25. The van der Waals surface area contributed by atoms with Crippen LogP contribution in [0.4, 0.5) is 11.4 Å². The number of hydrogen-bond acceptors (Lipinski definition) is 3. The number of non-ortho nitro benzene ring substituents is 1. The molecule has 1 N–H and O–H groups in total. The van der Waals surface area contributed by atoms with E-state index < -0.39 is 0 Å². The zero-order chi connectivity index (χ0) is 15.5. The van der Waals surface area contributed by atoms with Crippen LogP contribution in [0.5, 0.6) is 0 Å². The molecule has 1 aliphatic carbocycles. The van der Waals surface area contributed by atoms with E-state index in [-0.39, 0.29) is 10.6 Å². The summed E-state index contributed by atoms with van der Waals surface area (Å²) in [6.45, 7) is 5.51. The van der Waals surface area contributed by atoms with Gasteiger partial charge in [0, 0.05) is 28.8 Å². The minimum absolute atomic E-state index is 0.116. The second-order valence-electron chi connectivity index (χ2n) is 6.58. The van der Waals surface area contributed by atoms with Crippen LogP contribution in [0.15, 0.2) is 22.7 Å². The summed E-state index contributed by atoms with van der Waals surface area (Å²) in [7, 11) is 0. The topological polar surface area (TPSA) is 55.2 Å². The van der Waals surface area contributed by atoms with Gasteiger partial charge in [0.1, 0.15) is 0 Å². The van der Waals surface area contributed by atoms with Crippen molar-refractivity contribution in [2.45, 2.75) is 46.0 Å². The molecular weight excluding hydrogens is 332 g/mol. The first-order valence-electron chi connectivity index (χ1n) is 7.60. The molecule has 0 saturated heterocycles. The molecule has 116 valence electrons. The van der Waals surface area contributed by atoms with Crippen LogP contribution in [0.25, 0.3) is 0 Å². The summed E-state index contributed by atoms with van der Waals surface area (Å²) in [6.07, 6.45) is 6.43. The van der Waals surface area contributed by atoms with Crippen LogP contribution in [0.1, 0.15) is 46.0 Å². The van der Waals surface area contributed by atoms with Gasteiger partial charge in [-0.3, -0.25) is 10.1 Å². The van der Waals surface area contributed by atoms with Gasteiger partial charge in [-0.25, -0.2) is 0 Å². The number of nitrogens with zero attached hydrogens (tertiary/aromatic N) is 1. The van der Waals surface area contributed by atoms with Crippen LogP contribution in [0, 0.1) is 21.4 Å². The van der Waals surface area contributed by atoms with Gasteiger partial charge in [0.2, 0.25) is 0 Å². The van der Waals surface area contributed by atoms with Crippen LogP contribution in [0.2, 0.25) is 0 Å². The van der Waals surface area contributed by atoms with E-state index in [1.54, 1.807) is 18.2 Å². The Morgan fingerprint density at radius 2 is 2.05 bits per heavy atom. The number of benzene rings is 1. The molecule has 5 heteroatoms. The van der Waals surface area contributed by atoms with Crippen LogP contribution in [-0.2, 0) is 0 Å². The van der Waals surface area contributed by atoms with Crippen molar-refractivity contribution >= 4 is 27.3 Å². The summed E-state index contributed by atoms with van der Waals surface area (Å²) >= 11 is 3.43. The number of nitrogens with one attached hydrogen (secondary N) is 1. The van der Waals surface area contributed by atoms with Crippen molar-refractivity contribution < 1.29 is 4.92 Å². The van der Waals surface area contributed by atoms with E-state index in [4.69, 9.17) is 0 Å². The fourth-order valence-electron chi connectivity index (χ4n) is 3.49. The summed E-state index contributed by atoms with van der Waals surface area (Å²) in [5.41, 5.74) is 1.44. The standard InChI is InChI=1S/C16H23BrN2O2/c1-12(2)10-16(7-3-4-8-16)11-18-15-6-5-13(19(20)21)9-14(15)17/h5-6,9,12,18H,3-4,7-8,10-11H2,1-2H3. The van der Waals surface area contributed by atoms with E-state index in [1.807, 2.05) is 0 Å². The van der Waals surface area contributed by atoms with Crippen LogP contribution in [0.3, 0.4) is 0 Å². The Morgan fingerprint density at radius 3 is 2.57 bits per heavy atom. The Morgan fingerprint density at radius 1 is 1.38 bits per heavy atom. The number of anilines is 1. The van der Waals surface area contributed by atoms with Gasteiger partial charge in [-0.05, 0) is 52.6 Å². The summed E-state index contributed by atoms with van der Waals surface area (Å²) in [6, 6.07) is 4.91. The van der Waals surface area contributed by atoms with Crippen LogP contribution >= 0.6 is 15.9 Å². The number of rotatable bonds is 6. The van der Waals surface area contributed by atoms with Crippen LogP contribution in [-0.4, -0.2) is 11.5 Å². The molecule has 0 spiro atoms. The summed E-state index contributed by atoms with van der Waals surface area (Å²) in [5, 5.41) is 14.3. The highest BCUT2D eigenvalue weighted by molar-refractivity contribution is 9.10. The Bertz CT molecular complexity index is 511. The van der Waals surface area contributed by atoms with E-state index in [0.717, 1.165) is 16.7 Å². The van der Waals surface area contributed by atoms with Gasteiger partial charge < -0.3 is 5.32 Å². The third-order valence-corrected chi connectivity index (χ3v) is 4.98. The maximum absolute atomic E-state index is 10.8. The van der Waals surface area contributed by atoms with Crippen molar-refractivity contribution in [3.63, 3.8) is 0 Å². The van der Waals surface area contributed by atoms with Crippen molar-refractivity contribution in [3.05, 3.63) is 32.8 Å². The summed E-state index contributed by atoms with van der Waals surface area (Å²) in [5.74, 6) is 0.699. The molecule has 0 bridgehead atoms. The van der Waals surface area contributed by atoms with Crippen molar-refractivity contribution in [2.75, 3.05) is 11.9 Å². The van der Waals surface area contributed by atoms with Crippen molar-refractivity contribution in [1.82, 2.24) is 0 Å². The molecule has 2 rings (SSSR count). The highest BCUT2D eigenvalue weighted by Gasteiger charge is 2.34. The summed E-state index contributed by atoms with van der Waals surface area (Å²) in [4.78, 5) is 10.4. The van der Waals surface area contributed by atoms with E-state index in [0.29, 0.717) is 11.3 Å². The Labute approximate surface area is 134 Å². The van der Waals surface area contributed by atoms with Gasteiger partial charge in [-0.2, -0.15) is 0 Å². The normalized spacial score (nSPS) is 17.1. The average molecular weight is 355 g/mol. The molecule has 1 aliphatic rings. The van der Waals surface area contributed by atoms with Crippen molar-refractivity contribution in [3.8, 4) is 0 Å². The SMILES string of the molecule is CC(C)CC1(CNc2ccc([N+](=O)[O-])cc2Br)CCCC1. The molecule has 0 amide bonds. The number of halogens is 1. The maximum Gasteiger partial charge on any atom is 0.270 e. The molecule has 0 atom stereocenters. The molecule has 4 nitrogen and oxygen atoms in total. The second kappa shape index (κ2) is 6.77. The fraction of sp³-hybridized carbons (Fsp3) is 0.625. The van der Waals surface area contributed by atoms with Gasteiger partial charge in [0.15, 0.2) is 0 Å². The van der Waals surface area contributed by atoms with Gasteiger partial charge in [-0.1, -0.05) is 26.7 Å². The average Bonchev–Trinajstić information content (AvgIpc) is 2.85. The van der Waals surface area contributed by atoms with Crippen LogP contribution < -0.4 is 5.32 Å². The van der Waals surface area contributed by atoms with Gasteiger partial charge in [0.05, 0.1) is 4.92 Å². The Hall–Kier alpha value is -1.10. The first-order valence-corrected chi connectivity index (χ1v) is 8.39. The smallest absolute Gasteiger partial charge is 0.270 e. The third kappa shape index (κ3) is 4.19. The lowest BCUT2D eigenvalue weighted by molar-refractivity contribution is -0.384. The van der Waals surface area contributed by atoms with Crippen molar-refractivity contribution in [2.24, 2.45) is 11.3 Å². The first-order chi connectivity index (χ1) is 9.92. The third-order valence-electron chi connectivity index (χ3n) is 4.32. The molecule has 21 heavy (non-hydrogen) atoms. The lowest BCUT2D eigenvalue weighted by atomic mass is 9.78. The lowest BCUT2D eigenvalue weighted by Crippen LogP contribution is -2.28. The molecule has 1 fully saturated rings. The van der Waals surface area contributed by atoms with E-state index >= 15 is 0 Å². The zero-order valence-corrected chi connectivity index (χ0v) is 14.3. The minimum atomic E-state index is -0.369. The molecular formula is C16H23BrN2O2. The monoisotopic (exact) mass is 354 g/mol. The molecule has 0 heterocycles. The van der Waals surface area contributed by atoms with E-state index in [2.05, 4.69) is 35.1 Å². The maximum atomic E-state index is 10.8. The fourth-order valence-corrected chi connectivity index (χ4v) is 3.99. The first kappa shape index (κ1) is 16.3. The second-order valence-corrected chi connectivity index (χ2v) is 7.43. The Balaban J connectivity index is 2.06. The highest BCUT2D eigenvalue weighted by atomic mass is 79.9. The number of nitro groups is 1. The zero-order valence-electron chi connectivity index (χ0n) is 12.7. The molecule has 1 saturated carbocycles. The largest absolute Gasteiger partial charge is 0.384 e. The molecule has 1 aromatic rings. The molecule has 0 aromatic heterocycles. The lowest BCUT2D eigenvalue weighted by Gasteiger charge is -2.31. The number of nitro benzene ring substituents is 1. The molecule has 0 unspecified atom stereocenters. The minimum Gasteiger partial charge on any atom is -0.384 e. The summed E-state index contributed by atoms with van der Waals surface area (Å²) < 4.78 is 0.759. The molecule has 0 radical (unpaired) electrons. The van der Waals surface area contributed by atoms with E-state index in [1.165, 1.54) is 32.1 Å². The molecule has 0 aliphatic heterocycles. The van der Waals surface area contributed by atoms with Crippen molar-refractivity contribution in [1.29, 1.82) is 0 Å². The van der Waals surface area contributed by atoms with Gasteiger partial charge >= 0.3 is 0 Å². The predicted octanol–water partition coefficient (Wildman–Crippen LogP) is 5.38.